The third-order valence-electron chi connectivity index (χ3n) is 2.11. The number of nitrogens with two attached hydrogens (primary N) is 1. The summed E-state index contributed by atoms with van der Waals surface area (Å²) in [6.45, 7) is 5.92. The van der Waals surface area contributed by atoms with E-state index in [9.17, 15) is 0 Å². The second kappa shape index (κ2) is 7.19. The molecule has 90 valence electrons. The molecule has 0 aromatic carbocycles. The van der Waals surface area contributed by atoms with Crippen molar-refractivity contribution in [2.24, 2.45) is 5.73 Å². The SMILES string of the molecule is CCCOCCOc1ccc([C@@H](C)N)cn1. The number of pyridine rings is 1. The highest BCUT2D eigenvalue weighted by Crippen LogP contribution is 2.12. The van der Waals surface area contributed by atoms with E-state index >= 15 is 0 Å². The second-order valence-electron chi connectivity index (χ2n) is 3.68. The molecule has 4 heteroatoms. The molecule has 0 spiro atoms. The molecule has 0 aliphatic carbocycles. The van der Waals surface area contributed by atoms with Crippen molar-refractivity contribution in [1.82, 2.24) is 4.98 Å². The van der Waals surface area contributed by atoms with E-state index in [1.54, 1.807) is 6.20 Å². The molecule has 4 nitrogen and oxygen atoms in total. The molecule has 1 aromatic heterocycles. The molecule has 1 heterocycles. The van der Waals surface area contributed by atoms with Crippen LogP contribution in [0, 0.1) is 0 Å². The minimum Gasteiger partial charge on any atom is -0.475 e. The Balaban J connectivity index is 2.27. The zero-order valence-electron chi connectivity index (χ0n) is 9.98. The van der Waals surface area contributed by atoms with E-state index in [2.05, 4.69) is 11.9 Å². The van der Waals surface area contributed by atoms with Crippen LogP contribution >= 0.6 is 0 Å². The summed E-state index contributed by atoms with van der Waals surface area (Å²) in [5.41, 5.74) is 6.73. The van der Waals surface area contributed by atoms with Crippen molar-refractivity contribution in [1.29, 1.82) is 0 Å². The highest BCUT2D eigenvalue weighted by atomic mass is 16.5. The van der Waals surface area contributed by atoms with E-state index in [1.807, 2.05) is 19.1 Å². The molecule has 1 aromatic rings. The molecule has 0 aliphatic rings. The molecule has 16 heavy (non-hydrogen) atoms. The molecular weight excluding hydrogens is 204 g/mol. The van der Waals surface area contributed by atoms with Crippen molar-refractivity contribution in [3.8, 4) is 5.88 Å². The Bertz CT molecular complexity index is 286. The molecular formula is C12H20N2O2. The predicted molar refractivity (Wildman–Crippen MR) is 63.4 cm³/mol. The first-order chi connectivity index (χ1) is 7.74. The molecule has 0 saturated heterocycles. The minimum atomic E-state index is 0.00874. The fraction of sp³-hybridized carbons (Fsp3) is 0.583. The van der Waals surface area contributed by atoms with Crippen molar-refractivity contribution >= 4 is 0 Å². The lowest BCUT2D eigenvalue weighted by molar-refractivity contribution is 0.0990. The van der Waals surface area contributed by atoms with E-state index in [-0.39, 0.29) is 6.04 Å². The monoisotopic (exact) mass is 224 g/mol. The van der Waals surface area contributed by atoms with E-state index < -0.39 is 0 Å². The van der Waals surface area contributed by atoms with Gasteiger partial charge in [0.15, 0.2) is 0 Å². The summed E-state index contributed by atoms with van der Waals surface area (Å²) >= 11 is 0. The molecule has 0 bridgehead atoms. The number of rotatable bonds is 7. The average molecular weight is 224 g/mol. The Morgan fingerprint density at radius 1 is 1.31 bits per heavy atom. The van der Waals surface area contributed by atoms with Crippen LogP contribution in [0.4, 0.5) is 0 Å². The van der Waals surface area contributed by atoms with Crippen molar-refractivity contribution in [2.75, 3.05) is 19.8 Å². The van der Waals surface area contributed by atoms with Crippen molar-refractivity contribution in [3.05, 3.63) is 23.9 Å². The largest absolute Gasteiger partial charge is 0.475 e. The lowest BCUT2D eigenvalue weighted by Gasteiger charge is -2.08. The summed E-state index contributed by atoms with van der Waals surface area (Å²) in [4.78, 5) is 4.16. The molecule has 0 fully saturated rings. The van der Waals surface area contributed by atoms with E-state index in [0.29, 0.717) is 19.1 Å². The Labute approximate surface area is 96.8 Å². The van der Waals surface area contributed by atoms with Gasteiger partial charge in [-0.25, -0.2) is 4.98 Å². The van der Waals surface area contributed by atoms with Gasteiger partial charge in [-0.15, -0.1) is 0 Å². The normalized spacial score (nSPS) is 12.4. The molecule has 0 amide bonds. The van der Waals surface area contributed by atoms with E-state index in [0.717, 1.165) is 18.6 Å². The Morgan fingerprint density at radius 2 is 2.12 bits per heavy atom. The van der Waals surface area contributed by atoms with Gasteiger partial charge < -0.3 is 15.2 Å². The first-order valence-electron chi connectivity index (χ1n) is 5.66. The molecule has 2 N–H and O–H groups in total. The summed E-state index contributed by atoms with van der Waals surface area (Å²) in [6.07, 6.45) is 2.77. The zero-order chi connectivity index (χ0) is 11.8. The summed E-state index contributed by atoms with van der Waals surface area (Å²) in [7, 11) is 0. The summed E-state index contributed by atoms with van der Waals surface area (Å²) in [6, 6.07) is 3.77. The van der Waals surface area contributed by atoms with Crippen molar-refractivity contribution in [3.63, 3.8) is 0 Å². The van der Waals surface area contributed by atoms with Gasteiger partial charge in [0.1, 0.15) is 6.61 Å². The number of ether oxygens (including phenoxy) is 2. The number of aromatic nitrogens is 1. The highest BCUT2D eigenvalue weighted by Gasteiger charge is 2.00. The summed E-state index contributed by atoms with van der Waals surface area (Å²) < 4.78 is 10.7. The van der Waals surface area contributed by atoms with Crippen LogP contribution in [-0.4, -0.2) is 24.8 Å². The molecule has 1 atom stereocenters. The maximum absolute atomic E-state index is 5.72. The van der Waals surface area contributed by atoms with Crippen LogP contribution < -0.4 is 10.5 Å². The second-order valence-corrected chi connectivity index (χ2v) is 3.68. The van der Waals surface area contributed by atoms with Gasteiger partial charge in [0, 0.05) is 24.9 Å². The van der Waals surface area contributed by atoms with Crippen LogP contribution in [0.3, 0.4) is 0 Å². The third kappa shape index (κ3) is 4.59. The Morgan fingerprint density at radius 3 is 2.69 bits per heavy atom. The van der Waals surface area contributed by atoms with Crippen LogP contribution in [0.1, 0.15) is 31.9 Å². The summed E-state index contributed by atoms with van der Waals surface area (Å²) in [5, 5.41) is 0. The number of hydrogen-bond acceptors (Lipinski definition) is 4. The van der Waals surface area contributed by atoms with Crippen LogP contribution in [0.2, 0.25) is 0 Å². The molecule has 0 unspecified atom stereocenters. The third-order valence-corrected chi connectivity index (χ3v) is 2.11. The van der Waals surface area contributed by atoms with Crippen LogP contribution in [0.15, 0.2) is 18.3 Å². The Hall–Kier alpha value is -1.13. The van der Waals surface area contributed by atoms with E-state index in [1.165, 1.54) is 0 Å². The first kappa shape index (κ1) is 12.9. The zero-order valence-corrected chi connectivity index (χ0v) is 9.98. The number of nitrogens with zero attached hydrogens (tertiary/aromatic N) is 1. The predicted octanol–water partition coefficient (Wildman–Crippen LogP) is 1.91. The lowest BCUT2D eigenvalue weighted by atomic mass is 10.2. The van der Waals surface area contributed by atoms with Gasteiger partial charge in [0.25, 0.3) is 0 Å². The average Bonchev–Trinajstić information content (AvgIpc) is 2.29. The van der Waals surface area contributed by atoms with Gasteiger partial charge in [-0.2, -0.15) is 0 Å². The van der Waals surface area contributed by atoms with E-state index in [4.69, 9.17) is 15.2 Å². The van der Waals surface area contributed by atoms with Gasteiger partial charge in [-0.1, -0.05) is 13.0 Å². The van der Waals surface area contributed by atoms with Gasteiger partial charge in [0.05, 0.1) is 6.61 Å². The maximum atomic E-state index is 5.72. The van der Waals surface area contributed by atoms with Crippen molar-refractivity contribution < 1.29 is 9.47 Å². The van der Waals surface area contributed by atoms with Gasteiger partial charge in [0.2, 0.25) is 5.88 Å². The molecule has 0 saturated carbocycles. The number of hydrogen-bond donors (Lipinski definition) is 1. The minimum absolute atomic E-state index is 0.00874. The molecule has 0 aliphatic heterocycles. The molecule has 0 radical (unpaired) electrons. The van der Waals surface area contributed by atoms with Crippen molar-refractivity contribution in [2.45, 2.75) is 26.3 Å². The van der Waals surface area contributed by atoms with Gasteiger partial charge >= 0.3 is 0 Å². The highest BCUT2D eigenvalue weighted by molar-refractivity contribution is 5.19. The fourth-order valence-corrected chi connectivity index (χ4v) is 1.20. The Kier molecular flexibility index (Phi) is 5.82. The maximum Gasteiger partial charge on any atom is 0.213 e. The fourth-order valence-electron chi connectivity index (χ4n) is 1.20. The van der Waals surface area contributed by atoms with Gasteiger partial charge in [-0.05, 0) is 18.9 Å². The quantitative estimate of drug-likeness (QED) is 0.719. The lowest BCUT2D eigenvalue weighted by Crippen LogP contribution is -2.09. The van der Waals surface area contributed by atoms with Crippen LogP contribution in [-0.2, 0) is 4.74 Å². The standard InChI is InChI=1S/C12H20N2O2/c1-3-6-15-7-8-16-12-5-4-11(9-14-12)10(2)13/h4-5,9-10H,3,6-8,13H2,1-2H3/t10-/m1/s1. The first-order valence-corrected chi connectivity index (χ1v) is 5.66. The summed E-state index contributed by atoms with van der Waals surface area (Å²) in [5.74, 6) is 0.615. The van der Waals surface area contributed by atoms with Crippen LogP contribution in [0.5, 0.6) is 5.88 Å². The van der Waals surface area contributed by atoms with Crippen LogP contribution in [0.25, 0.3) is 0 Å². The molecule has 1 rings (SSSR count). The smallest absolute Gasteiger partial charge is 0.213 e. The van der Waals surface area contributed by atoms with Gasteiger partial charge in [-0.3, -0.25) is 0 Å². The topological polar surface area (TPSA) is 57.4 Å².